The van der Waals surface area contributed by atoms with Crippen LogP contribution in [0.3, 0.4) is 0 Å². The molecule has 0 bridgehead atoms. The van der Waals surface area contributed by atoms with Crippen LogP contribution >= 0.6 is 0 Å². The number of nitrogens with zero attached hydrogens (tertiary/aromatic N) is 4. The monoisotopic (exact) mass is 470 g/mol. The maximum Gasteiger partial charge on any atom is 0.277 e. The first-order valence-electron chi connectivity index (χ1n) is 10.9. The zero-order chi connectivity index (χ0) is 24.8. The van der Waals surface area contributed by atoms with E-state index in [0.717, 1.165) is 11.3 Å². The number of hydrogen-bond donors (Lipinski definition) is 3. The highest BCUT2D eigenvalue weighted by Gasteiger charge is 2.18. The second kappa shape index (κ2) is 10.9. The van der Waals surface area contributed by atoms with Crippen LogP contribution in [0.25, 0.3) is 23.0 Å². The predicted molar refractivity (Wildman–Crippen MR) is 125 cm³/mol. The van der Waals surface area contributed by atoms with Crippen LogP contribution in [0.1, 0.15) is 37.9 Å². The topological polar surface area (TPSA) is 159 Å². The number of rotatable bonds is 11. The molecule has 182 valence electrons. The molecule has 1 amide bonds. The van der Waals surface area contributed by atoms with Gasteiger partial charge in [0.25, 0.3) is 5.89 Å². The number of hydrogen-bond acceptors (Lipinski definition) is 10. The van der Waals surface area contributed by atoms with Gasteiger partial charge in [0.1, 0.15) is 12.3 Å². The number of aliphatic hydroxyl groups excluding tert-OH is 1. The van der Waals surface area contributed by atoms with Crippen molar-refractivity contribution >= 4 is 11.9 Å². The van der Waals surface area contributed by atoms with Crippen molar-refractivity contribution in [2.75, 3.05) is 19.0 Å². The lowest BCUT2D eigenvalue weighted by Crippen LogP contribution is -2.21. The Labute approximate surface area is 197 Å². The lowest BCUT2D eigenvalue weighted by atomic mass is 10.1. The molecule has 0 saturated carbocycles. The molecule has 1 aromatic carbocycles. The van der Waals surface area contributed by atoms with Gasteiger partial charge in [-0.2, -0.15) is 4.98 Å². The van der Waals surface area contributed by atoms with Crippen LogP contribution < -0.4 is 20.5 Å². The highest BCUT2D eigenvalue weighted by molar-refractivity contribution is 5.73. The molecule has 4 N–H and O–H groups in total. The number of benzene rings is 1. The van der Waals surface area contributed by atoms with Crippen LogP contribution in [0.15, 0.2) is 22.7 Å². The Morgan fingerprint density at radius 2 is 1.97 bits per heavy atom. The van der Waals surface area contributed by atoms with E-state index in [9.17, 15) is 9.90 Å². The first kappa shape index (κ1) is 24.9. The Hall–Kier alpha value is -3.73. The molecule has 34 heavy (non-hydrogen) atoms. The number of methoxy groups -OCH3 is 1. The molecule has 3 aromatic rings. The minimum Gasteiger partial charge on any atom is -0.493 e. The molecule has 0 aliphatic carbocycles. The zero-order valence-corrected chi connectivity index (χ0v) is 20.0. The number of aryl methyl sites for hydroxylation is 2. The van der Waals surface area contributed by atoms with Crippen LogP contribution in [0.5, 0.6) is 11.5 Å². The van der Waals surface area contributed by atoms with Gasteiger partial charge in [0.05, 0.1) is 13.2 Å². The molecular formula is C23H30N6O5. The standard InChI is InChI=1S/C23H30N6O5/c1-12(2)25-23-26-14(4)9-17(27-23)22-28-21(29-34-22)15-8-13(3)20(18(10-15)32-5)33-11-16(30)6-7-19(24)31/h8-10,12,16,30H,6-7,11H2,1-5H3,(H2,24,31)(H,25,26,27)/t16-/m0/s1. The van der Waals surface area contributed by atoms with Crippen LogP contribution in [0, 0.1) is 13.8 Å². The predicted octanol–water partition coefficient (Wildman–Crippen LogP) is 2.64. The third kappa shape index (κ3) is 6.41. The molecule has 0 aliphatic heterocycles. The van der Waals surface area contributed by atoms with E-state index in [0.29, 0.717) is 34.5 Å². The number of primary amides is 1. The maximum atomic E-state index is 10.9. The average molecular weight is 471 g/mol. The number of ether oxygens (including phenoxy) is 2. The Bertz CT molecular complexity index is 1150. The number of anilines is 1. The summed E-state index contributed by atoms with van der Waals surface area (Å²) in [6.45, 7) is 7.71. The number of aromatic nitrogens is 4. The third-order valence-corrected chi connectivity index (χ3v) is 4.78. The van der Waals surface area contributed by atoms with Gasteiger partial charge in [-0.25, -0.2) is 9.97 Å². The summed E-state index contributed by atoms with van der Waals surface area (Å²) >= 11 is 0. The van der Waals surface area contributed by atoms with E-state index < -0.39 is 12.0 Å². The molecule has 0 unspecified atom stereocenters. The molecule has 11 nitrogen and oxygen atoms in total. The first-order chi connectivity index (χ1) is 16.2. The molecule has 0 saturated heterocycles. The van der Waals surface area contributed by atoms with Crippen LogP contribution in [0.2, 0.25) is 0 Å². The fourth-order valence-corrected chi connectivity index (χ4v) is 3.22. The molecule has 0 spiro atoms. The van der Waals surface area contributed by atoms with Gasteiger partial charge in [-0.05, 0) is 57.9 Å². The zero-order valence-electron chi connectivity index (χ0n) is 20.0. The van der Waals surface area contributed by atoms with Gasteiger partial charge in [-0.15, -0.1) is 0 Å². The molecule has 3 rings (SSSR count). The highest BCUT2D eigenvalue weighted by atomic mass is 16.5. The van der Waals surface area contributed by atoms with E-state index in [1.165, 1.54) is 7.11 Å². The van der Waals surface area contributed by atoms with Gasteiger partial charge < -0.3 is 30.2 Å². The lowest BCUT2D eigenvalue weighted by Gasteiger charge is -2.16. The molecular weight excluding hydrogens is 440 g/mol. The van der Waals surface area contributed by atoms with Crippen molar-refractivity contribution in [3.63, 3.8) is 0 Å². The molecule has 2 heterocycles. The minimum absolute atomic E-state index is 0.00397. The van der Waals surface area contributed by atoms with Gasteiger partial charge in [0, 0.05) is 23.7 Å². The van der Waals surface area contributed by atoms with Crippen molar-refractivity contribution in [2.24, 2.45) is 5.73 Å². The second-order valence-corrected chi connectivity index (χ2v) is 8.23. The Kier molecular flexibility index (Phi) is 8.00. The summed E-state index contributed by atoms with van der Waals surface area (Å²) in [5.74, 6) is 1.57. The number of aliphatic hydroxyl groups is 1. The Morgan fingerprint density at radius 1 is 1.21 bits per heavy atom. The van der Waals surface area contributed by atoms with Crippen LogP contribution in [0.4, 0.5) is 5.95 Å². The van der Waals surface area contributed by atoms with Gasteiger partial charge in [0.2, 0.25) is 17.7 Å². The summed E-state index contributed by atoms with van der Waals surface area (Å²) in [5.41, 5.74) is 7.82. The largest absolute Gasteiger partial charge is 0.493 e. The summed E-state index contributed by atoms with van der Waals surface area (Å²) in [6, 6.07) is 5.51. The number of carbonyl (C=O) groups excluding carboxylic acids is 1. The minimum atomic E-state index is -0.831. The number of amides is 1. The molecule has 2 aromatic heterocycles. The molecule has 0 radical (unpaired) electrons. The number of nitrogens with one attached hydrogen (secondary N) is 1. The summed E-state index contributed by atoms with van der Waals surface area (Å²) < 4.78 is 16.7. The third-order valence-electron chi connectivity index (χ3n) is 4.78. The maximum absolute atomic E-state index is 10.9. The fraction of sp³-hybridized carbons (Fsp3) is 0.435. The van der Waals surface area contributed by atoms with E-state index in [4.69, 9.17) is 19.7 Å². The normalized spacial score (nSPS) is 12.0. The van der Waals surface area contributed by atoms with Crippen molar-refractivity contribution in [2.45, 2.75) is 52.7 Å². The Morgan fingerprint density at radius 3 is 2.65 bits per heavy atom. The van der Waals surface area contributed by atoms with E-state index in [1.54, 1.807) is 12.1 Å². The molecule has 0 aliphatic rings. The van der Waals surface area contributed by atoms with E-state index in [-0.39, 0.29) is 31.4 Å². The van der Waals surface area contributed by atoms with Crippen molar-refractivity contribution in [3.8, 4) is 34.5 Å². The molecule has 11 heteroatoms. The van der Waals surface area contributed by atoms with Gasteiger partial charge >= 0.3 is 0 Å². The van der Waals surface area contributed by atoms with Crippen molar-refractivity contribution in [3.05, 3.63) is 29.5 Å². The van der Waals surface area contributed by atoms with Gasteiger partial charge in [0.15, 0.2) is 11.5 Å². The van der Waals surface area contributed by atoms with Gasteiger partial charge in [-0.3, -0.25) is 4.79 Å². The van der Waals surface area contributed by atoms with Crippen molar-refractivity contribution < 1.29 is 23.9 Å². The SMILES string of the molecule is COc1cc(-c2noc(-c3cc(C)nc(NC(C)C)n3)n2)cc(C)c1OC[C@@H](O)CCC(N)=O. The van der Waals surface area contributed by atoms with Crippen molar-refractivity contribution in [1.82, 2.24) is 20.1 Å². The Balaban J connectivity index is 1.82. The van der Waals surface area contributed by atoms with E-state index in [1.807, 2.05) is 33.8 Å². The number of nitrogens with two attached hydrogens (primary N) is 1. The summed E-state index contributed by atoms with van der Waals surface area (Å²) in [4.78, 5) is 24.2. The smallest absolute Gasteiger partial charge is 0.277 e. The lowest BCUT2D eigenvalue weighted by molar-refractivity contribution is -0.118. The summed E-state index contributed by atoms with van der Waals surface area (Å²) in [5, 5.41) is 17.3. The van der Waals surface area contributed by atoms with Crippen LogP contribution in [-0.4, -0.2) is 57.0 Å². The average Bonchev–Trinajstić information content (AvgIpc) is 3.26. The summed E-state index contributed by atoms with van der Waals surface area (Å²) in [7, 11) is 1.52. The van der Waals surface area contributed by atoms with Crippen molar-refractivity contribution in [1.29, 1.82) is 0 Å². The highest BCUT2D eigenvalue weighted by Crippen LogP contribution is 2.36. The molecule has 0 fully saturated rings. The number of carbonyl (C=O) groups is 1. The fourth-order valence-electron chi connectivity index (χ4n) is 3.22. The van der Waals surface area contributed by atoms with E-state index in [2.05, 4.69) is 25.4 Å². The van der Waals surface area contributed by atoms with E-state index >= 15 is 0 Å². The van der Waals surface area contributed by atoms with Gasteiger partial charge in [-0.1, -0.05) is 5.16 Å². The first-order valence-corrected chi connectivity index (χ1v) is 10.9. The summed E-state index contributed by atoms with van der Waals surface area (Å²) in [6.07, 6.45) is -0.528. The second-order valence-electron chi connectivity index (χ2n) is 8.23. The van der Waals surface area contributed by atoms with Crippen LogP contribution in [-0.2, 0) is 4.79 Å². The quantitative estimate of drug-likeness (QED) is 0.380. The molecule has 1 atom stereocenters.